The molecule has 0 fully saturated rings. The van der Waals surface area contributed by atoms with E-state index >= 15 is 0 Å². The van der Waals surface area contributed by atoms with Gasteiger partial charge in [-0.05, 0) is 128 Å². The van der Waals surface area contributed by atoms with Gasteiger partial charge in [0.25, 0.3) is 0 Å². The molecule has 16 nitrogen and oxygen atoms in total. The van der Waals surface area contributed by atoms with Gasteiger partial charge in [0.15, 0.2) is 6.10 Å². The number of aliphatic hydroxyl groups is 2. The molecule has 0 bridgehead atoms. The number of ether oxygens (including phenoxy) is 3. The minimum Gasteiger partial charge on any atom is -0.463 e. The molecule has 0 heterocycles. The molecule has 0 aromatic carbocycles. The zero-order valence-electron chi connectivity index (χ0n) is 59.3. The third-order valence-electron chi connectivity index (χ3n) is 15.2. The average Bonchev–Trinajstić information content (AvgIpc) is 2.44. The molecular weight excluding hydrogens is 1240 g/mol. The minimum atomic E-state index is -4.93. The Kier molecular flexibility index (Phi) is 66.9. The highest BCUT2D eigenvalue weighted by molar-refractivity contribution is 7.47. The molecule has 0 aliphatic rings. The number of esters is 3. The van der Waals surface area contributed by atoms with Crippen molar-refractivity contribution in [1.82, 2.24) is 0 Å². The summed E-state index contributed by atoms with van der Waals surface area (Å²) in [5.41, 5.74) is 0. The van der Waals surface area contributed by atoms with E-state index in [0.29, 0.717) is 19.3 Å². The molecule has 546 valence electrons. The van der Waals surface area contributed by atoms with E-state index in [1.165, 1.54) is 70.6 Å². The molecule has 0 radical (unpaired) electrons. The Labute approximate surface area is 576 Å². The summed E-state index contributed by atoms with van der Waals surface area (Å²) in [6.45, 7) is 2.39. The van der Waals surface area contributed by atoms with Crippen LogP contribution in [0.1, 0.15) is 290 Å². The number of aliphatic hydroxyl groups excluding tert-OH is 2. The van der Waals surface area contributed by atoms with Crippen LogP contribution in [-0.4, -0.2) is 95.9 Å². The van der Waals surface area contributed by atoms with Gasteiger partial charge in [-0.25, -0.2) is 9.13 Å². The Morgan fingerprint density at radius 1 is 0.305 bits per heavy atom. The van der Waals surface area contributed by atoms with E-state index in [4.69, 9.17) is 32.3 Å². The van der Waals surface area contributed by atoms with Gasteiger partial charge in [-0.15, -0.1) is 0 Å². The average molecular weight is 1380 g/mol. The van der Waals surface area contributed by atoms with Crippen LogP contribution in [0.25, 0.3) is 0 Å². The number of allylic oxidation sites excluding steroid dienone is 20. The predicted molar refractivity (Wildman–Crippen MR) is 390 cm³/mol. The number of hydrogen-bond acceptors (Lipinski definition) is 14. The largest absolute Gasteiger partial charge is 0.472 e. The lowest BCUT2D eigenvalue weighted by atomic mass is 10.0. The lowest BCUT2D eigenvalue weighted by molar-refractivity contribution is -0.161. The van der Waals surface area contributed by atoms with Crippen LogP contribution in [0.4, 0.5) is 0 Å². The Morgan fingerprint density at radius 3 is 0.884 bits per heavy atom. The van der Waals surface area contributed by atoms with E-state index in [1.54, 1.807) is 0 Å². The summed E-state index contributed by atoms with van der Waals surface area (Å²) in [7, 11) is -9.79. The van der Waals surface area contributed by atoms with E-state index < -0.39 is 91.5 Å². The van der Waals surface area contributed by atoms with Gasteiger partial charge in [-0.3, -0.25) is 32.5 Å². The minimum absolute atomic E-state index is 0.0804. The van der Waals surface area contributed by atoms with Crippen molar-refractivity contribution in [3.8, 4) is 0 Å². The first kappa shape index (κ1) is 91.0. The van der Waals surface area contributed by atoms with Crippen molar-refractivity contribution in [1.29, 1.82) is 0 Å². The standard InChI is InChI=1S/C77H132O16P2/c1-4-7-10-13-16-19-22-25-28-30-31-32-33-34-35-36-37-38-39-41-44-45-48-51-54-57-60-63-75(80)87-66-72(78)67-89-94(83,84)90-68-73(79)69-91-95(85,86)92-71-74(93-77(82)65-62-59-56-53-50-47-42-27-24-21-18-15-12-9-6-3)70-88-76(81)64-61-58-55-52-49-46-43-40-29-26-23-20-17-14-11-8-5-2/h8-9,11-12,16-21,25-29,31-32,34-35,42,72-74,78-79H,4-7,10,13-15,22-24,30,33,36-41,43-71H2,1-3H3,(H,83,84)(H,85,86)/b11-8-,12-9-,19-16-,20-17-,21-18-,28-25-,29-26-,32-31-,35-34-,42-27-. The first-order valence-electron chi connectivity index (χ1n) is 36.8. The van der Waals surface area contributed by atoms with Crippen LogP contribution in [0.5, 0.6) is 0 Å². The van der Waals surface area contributed by atoms with Crippen molar-refractivity contribution < 1.29 is 75.8 Å². The van der Waals surface area contributed by atoms with Gasteiger partial charge in [-0.1, -0.05) is 264 Å². The number of phosphoric ester groups is 2. The van der Waals surface area contributed by atoms with Crippen molar-refractivity contribution in [3.63, 3.8) is 0 Å². The fraction of sp³-hybridized carbons (Fsp3) is 0.701. The summed E-state index contributed by atoms with van der Waals surface area (Å²) in [6.07, 6.45) is 81.1. The summed E-state index contributed by atoms with van der Waals surface area (Å²) < 4.78 is 61.0. The summed E-state index contributed by atoms with van der Waals surface area (Å²) >= 11 is 0. The molecular formula is C77H132O16P2. The van der Waals surface area contributed by atoms with Gasteiger partial charge in [0, 0.05) is 19.3 Å². The van der Waals surface area contributed by atoms with E-state index in [9.17, 15) is 43.5 Å². The van der Waals surface area contributed by atoms with Crippen molar-refractivity contribution >= 4 is 33.6 Å². The first-order valence-corrected chi connectivity index (χ1v) is 39.8. The van der Waals surface area contributed by atoms with Gasteiger partial charge >= 0.3 is 33.6 Å². The lowest BCUT2D eigenvalue weighted by Gasteiger charge is -2.21. The van der Waals surface area contributed by atoms with Crippen LogP contribution in [0.2, 0.25) is 0 Å². The zero-order chi connectivity index (χ0) is 69.5. The van der Waals surface area contributed by atoms with Crippen LogP contribution in [-0.2, 0) is 55.8 Å². The molecule has 0 aliphatic carbocycles. The van der Waals surface area contributed by atoms with Gasteiger partial charge < -0.3 is 34.2 Å². The number of rotatable bonds is 69. The fourth-order valence-electron chi connectivity index (χ4n) is 9.58. The molecule has 95 heavy (non-hydrogen) atoms. The molecule has 0 aliphatic heterocycles. The maximum absolute atomic E-state index is 12.9. The fourth-order valence-corrected chi connectivity index (χ4v) is 11.2. The Balaban J connectivity index is 4.55. The molecule has 0 saturated heterocycles. The number of phosphoric acid groups is 2. The van der Waals surface area contributed by atoms with Crippen LogP contribution in [0.15, 0.2) is 122 Å². The van der Waals surface area contributed by atoms with E-state index in [1.807, 2.05) is 0 Å². The molecule has 18 heteroatoms. The van der Waals surface area contributed by atoms with E-state index in [2.05, 4.69) is 142 Å². The second kappa shape index (κ2) is 69.8. The summed E-state index contributed by atoms with van der Waals surface area (Å²) in [5.74, 6) is -1.61. The number of carbonyl (C=O) groups excluding carboxylic acids is 3. The molecule has 0 saturated carbocycles. The normalized spacial score (nSPS) is 14.8. The van der Waals surface area contributed by atoms with E-state index in [-0.39, 0.29) is 19.3 Å². The second-order valence-electron chi connectivity index (χ2n) is 24.3. The SMILES string of the molecule is CC/C=C\C/C=C\C/C=C\CCCCCCCCCC(=O)OCC(COP(=O)(O)OCC(O)COP(=O)(O)OCC(O)COC(=O)CCCCCCCCCCCCC/C=C\C/C=C\C/C=C\C/C=C\CCCCC)OC(=O)CCCCCCC/C=C\C/C=C\C/C=C\CC. The number of unbranched alkanes of at least 4 members (excludes halogenated alkanes) is 26. The number of carbonyl (C=O) groups is 3. The van der Waals surface area contributed by atoms with Crippen LogP contribution < -0.4 is 0 Å². The summed E-state index contributed by atoms with van der Waals surface area (Å²) in [6, 6.07) is 0. The van der Waals surface area contributed by atoms with Crippen molar-refractivity contribution in [3.05, 3.63) is 122 Å². The lowest BCUT2D eigenvalue weighted by Crippen LogP contribution is -2.30. The molecule has 4 N–H and O–H groups in total. The highest BCUT2D eigenvalue weighted by atomic mass is 31.2. The van der Waals surface area contributed by atoms with Crippen LogP contribution in [0, 0.1) is 0 Å². The van der Waals surface area contributed by atoms with Crippen LogP contribution in [0.3, 0.4) is 0 Å². The van der Waals surface area contributed by atoms with E-state index in [0.717, 1.165) is 161 Å². The van der Waals surface area contributed by atoms with Crippen molar-refractivity contribution in [2.24, 2.45) is 0 Å². The van der Waals surface area contributed by atoms with Gasteiger partial charge in [0.05, 0.1) is 26.4 Å². The summed E-state index contributed by atoms with van der Waals surface area (Å²) in [5, 5.41) is 20.6. The molecule has 5 unspecified atom stereocenters. The maximum Gasteiger partial charge on any atom is 0.472 e. The van der Waals surface area contributed by atoms with Crippen molar-refractivity contribution in [2.45, 2.75) is 309 Å². The smallest absolute Gasteiger partial charge is 0.463 e. The van der Waals surface area contributed by atoms with Gasteiger partial charge in [-0.2, -0.15) is 0 Å². The monoisotopic (exact) mass is 1370 g/mol. The highest BCUT2D eigenvalue weighted by Gasteiger charge is 2.29. The number of hydrogen-bond donors (Lipinski definition) is 4. The van der Waals surface area contributed by atoms with Crippen LogP contribution >= 0.6 is 15.6 Å². The topological polar surface area (TPSA) is 231 Å². The highest BCUT2D eigenvalue weighted by Crippen LogP contribution is 2.45. The molecule has 0 amide bonds. The quantitative estimate of drug-likeness (QED) is 0.0146. The Morgan fingerprint density at radius 2 is 0.558 bits per heavy atom. The van der Waals surface area contributed by atoms with Gasteiger partial charge in [0.2, 0.25) is 0 Å². The third kappa shape index (κ3) is 71.1. The first-order chi connectivity index (χ1) is 46.2. The molecule has 0 spiro atoms. The zero-order valence-corrected chi connectivity index (χ0v) is 61.1. The predicted octanol–water partition coefficient (Wildman–Crippen LogP) is 21.0. The molecule has 0 aromatic heterocycles. The Bertz CT molecular complexity index is 2210. The van der Waals surface area contributed by atoms with Crippen molar-refractivity contribution in [2.75, 3.05) is 39.6 Å². The molecule has 0 rings (SSSR count). The third-order valence-corrected chi connectivity index (χ3v) is 17.1. The second-order valence-corrected chi connectivity index (χ2v) is 27.2. The van der Waals surface area contributed by atoms with Gasteiger partial charge in [0.1, 0.15) is 25.4 Å². The Hall–Kier alpha value is -4.05. The molecule has 0 aromatic rings. The molecule has 5 atom stereocenters. The maximum atomic E-state index is 12.9. The summed E-state index contributed by atoms with van der Waals surface area (Å²) in [4.78, 5) is 58.5.